The molecule has 7 heteroatoms. The Balaban J connectivity index is 1.24. The normalized spacial score (nSPS) is 23.5. The van der Waals surface area contributed by atoms with Gasteiger partial charge in [-0.3, -0.25) is 9.69 Å². The zero-order valence-corrected chi connectivity index (χ0v) is 17.1. The summed E-state index contributed by atoms with van der Waals surface area (Å²) in [4.78, 5) is 27.5. The smallest absolute Gasteiger partial charge is 0.225 e. The Bertz CT molecular complexity index is 739. The standard InChI is InChI=1S/C21H29N5OS/c27-20(18-6-2-11-26(15-18)21-22-8-4-9-23-21)24-13-17-5-1-10-25(14-17)16-19-7-3-12-28-19/h3-4,7-9,12,17-18H,1-2,5-6,10-11,13-16H2,(H,24,27). The zero-order chi connectivity index (χ0) is 19.2. The first kappa shape index (κ1) is 19.3. The Hall–Kier alpha value is -1.99. The van der Waals surface area contributed by atoms with Gasteiger partial charge in [0.1, 0.15) is 0 Å². The molecule has 4 heterocycles. The van der Waals surface area contributed by atoms with E-state index in [4.69, 9.17) is 0 Å². The average Bonchev–Trinajstić information content (AvgIpc) is 3.26. The van der Waals surface area contributed by atoms with Gasteiger partial charge in [-0.15, -0.1) is 11.3 Å². The van der Waals surface area contributed by atoms with Gasteiger partial charge in [0.2, 0.25) is 11.9 Å². The quantitative estimate of drug-likeness (QED) is 0.809. The van der Waals surface area contributed by atoms with Crippen LogP contribution in [0.15, 0.2) is 36.0 Å². The van der Waals surface area contributed by atoms with Crippen LogP contribution < -0.4 is 10.2 Å². The highest BCUT2D eigenvalue weighted by atomic mass is 32.1. The van der Waals surface area contributed by atoms with E-state index in [2.05, 4.69) is 42.6 Å². The summed E-state index contributed by atoms with van der Waals surface area (Å²) < 4.78 is 0. The van der Waals surface area contributed by atoms with Crippen LogP contribution in [-0.4, -0.2) is 53.5 Å². The number of aromatic nitrogens is 2. The van der Waals surface area contributed by atoms with E-state index in [9.17, 15) is 4.79 Å². The van der Waals surface area contributed by atoms with Crippen molar-refractivity contribution < 1.29 is 4.79 Å². The van der Waals surface area contributed by atoms with Crippen molar-refractivity contribution >= 4 is 23.2 Å². The summed E-state index contributed by atoms with van der Waals surface area (Å²) in [6.45, 7) is 5.71. The van der Waals surface area contributed by atoms with Crippen molar-refractivity contribution in [2.45, 2.75) is 32.2 Å². The van der Waals surface area contributed by atoms with Gasteiger partial charge in [-0.2, -0.15) is 0 Å². The fraction of sp³-hybridized carbons (Fsp3) is 0.571. The topological polar surface area (TPSA) is 61.4 Å². The summed E-state index contributed by atoms with van der Waals surface area (Å²) in [5.74, 6) is 1.51. The number of amides is 1. The van der Waals surface area contributed by atoms with E-state index < -0.39 is 0 Å². The lowest BCUT2D eigenvalue weighted by atomic mass is 9.95. The number of hydrogen-bond acceptors (Lipinski definition) is 6. The molecule has 2 aliphatic heterocycles. The van der Waals surface area contributed by atoms with Gasteiger partial charge in [0, 0.05) is 50.0 Å². The van der Waals surface area contributed by atoms with Crippen LogP contribution in [-0.2, 0) is 11.3 Å². The van der Waals surface area contributed by atoms with E-state index in [-0.39, 0.29) is 11.8 Å². The van der Waals surface area contributed by atoms with Crippen LogP contribution in [0.4, 0.5) is 5.95 Å². The third-order valence-corrected chi connectivity index (χ3v) is 6.62. The SMILES string of the molecule is O=C(NCC1CCCN(Cc2cccs2)C1)C1CCCN(c2ncccn2)C1. The van der Waals surface area contributed by atoms with Crippen LogP contribution in [0.1, 0.15) is 30.6 Å². The number of rotatable bonds is 6. The Morgan fingerprint density at radius 3 is 2.82 bits per heavy atom. The number of nitrogens with one attached hydrogen (secondary N) is 1. The third-order valence-electron chi connectivity index (χ3n) is 5.75. The number of anilines is 1. The van der Waals surface area contributed by atoms with Crippen molar-refractivity contribution in [1.82, 2.24) is 20.2 Å². The van der Waals surface area contributed by atoms with Crippen molar-refractivity contribution in [3.63, 3.8) is 0 Å². The summed E-state index contributed by atoms with van der Waals surface area (Å²) in [5.41, 5.74) is 0. The van der Waals surface area contributed by atoms with Crippen LogP contribution >= 0.6 is 11.3 Å². The van der Waals surface area contributed by atoms with Gasteiger partial charge < -0.3 is 10.2 Å². The van der Waals surface area contributed by atoms with Gasteiger partial charge >= 0.3 is 0 Å². The predicted molar refractivity (Wildman–Crippen MR) is 112 cm³/mol. The monoisotopic (exact) mass is 399 g/mol. The van der Waals surface area contributed by atoms with Gasteiger partial charge in [-0.05, 0) is 55.7 Å². The molecule has 6 nitrogen and oxygen atoms in total. The average molecular weight is 400 g/mol. The lowest BCUT2D eigenvalue weighted by Gasteiger charge is -2.34. The number of thiophene rings is 1. The molecule has 2 aliphatic rings. The maximum absolute atomic E-state index is 12.8. The molecule has 0 saturated carbocycles. The first-order chi connectivity index (χ1) is 13.8. The molecule has 2 fully saturated rings. The molecule has 28 heavy (non-hydrogen) atoms. The van der Waals surface area contributed by atoms with Crippen LogP contribution in [0, 0.1) is 11.8 Å². The number of nitrogens with zero attached hydrogens (tertiary/aromatic N) is 4. The fourth-order valence-corrected chi connectivity index (χ4v) is 5.05. The molecule has 0 aliphatic carbocycles. The van der Waals surface area contributed by atoms with Crippen molar-refractivity contribution in [1.29, 1.82) is 0 Å². The minimum absolute atomic E-state index is 0.0309. The van der Waals surface area contributed by atoms with E-state index in [1.165, 1.54) is 17.7 Å². The van der Waals surface area contributed by atoms with E-state index in [0.717, 1.165) is 51.5 Å². The molecule has 150 valence electrons. The van der Waals surface area contributed by atoms with Crippen LogP contribution in [0.25, 0.3) is 0 Å². The second-order valence-corrected chi connectivity index (χ2v) is 8.93. The van der Waals surface area contributed by atoms with E-state index >= 15 is 0 Å². The number of hydrogen-bond donors (Lipinski definition) is 1. The minimum atomic E-state index is 0.0309. The molecule has 1 amide bonds. The molecular weight excluding hydrogens is 370 g/mol. The Kier molecular flexibility index (Phi) is 6.54. The second-order valence-electron chi connectivity index (χ2n) is 7.90. The highest BCUT2D eigenvalue weighted by Gasteiger charge is 2.28. The molecule has 0 radical (unpaired) electrons. The molecule has 2 unspecified atom stereocenters. The largest absolute Gasteiger partial charge is 0.355 e. The van der Waals surface area contributed by atoms with Crippen LogP contribution in [0.3, 0.4) is 0 Å². The molecule has 0 spiro atoms. The summed E-state index contributed by atoms with van der Waals surface area (Å²) in [7, 11) is 0. The predicted octanol–water partition coefficient (Wildman–Crippen LogP) is 2.78. The highest BCUT2D eigenvalue weighted by molar-refractivity contribution is 7.09. The van der Waals surface area contributed by atoms with Crippen LogP contribution in [0.2, 0.25) is 0 Å². The molecule has 0 aromatic carbocycles. The maximum Gasteiger partial charge on any atom is 0.225 e. The molecule has 0 bridgehead atoms. The molecule has 2 atom stereocenters. The number of piperidine rings is 2. The highest BCUT2D eigenvalue weighted by Crippen LogP contribution is 2.22. The van der Waals surface area contributed by atoms with Crippen molar-refractivity contribution in [2.24, 2.45) is 11.8 Å². The van der Waals surface area contributed by atoms with E-state index in [1.54, 1.807) is 12.4 Å². The molecule has 4 rings (SSSR count). The Morgan fingerprint density at radius 1 is 1.14 bits per heavy atom. The van der Waals surface area contributed by atoms with E-state index in [1.807, 2.05) is 17.4 Å². The Labute approximate surface area is 171 Å². The zero-order valence-electron chi connectivity index (χ0n) is 16.3. The first-order valence-corrected chi connectivity index (χ1v) is 11.2. The minimum Gasteiger partial charge on any atom is -0.355 e. The fourth-order valence-electron chi connectivity index (χ4n) is 4.30. The molecule has 2 aromatic rings. The first-order valence-electron chi connectivity index (χ1n) is 10.3. The van der Waals surface area contributed by atoms with Gasteiger partial charge in [0.25, 0.3) is 0 Å². The molecule has 1 N–H and O–H groups in total. The lowest BCUT2D eigenvalue weighted by molar-refractivity contribution is -0.125. The van der Waals surface area contributed by atoms with E-state index in [0.29, 0.717) is 12.5 Å². The molecular formula is C21H29N5OS. The Morgan fingerprint density at radius 2 is 2.00 bits per heavy atom. The van der Waals surface area contributed by atoms with Gasteiger partial charge in [0.05, 0.1) is 5.92 Å². The summed E-state index contributed by atoms with van der Waals surface area (Å²) in [6.07, 6.45) is 7.90. The summed E-state index contributed by atoms with van der Waals surface area (Å²) >= 11 is 1.83. The maximum atomic E-state index is 12.8. The number of carbonyl (C=O) groups is 1. The third kappa shape index (κ3) is 5.08. The van der Waals surface area contributed by atoms with Crippen molar-refractivity contribution in [2.75, 3.05) is 37.6 Å². The summed E-state index contributed by atoms with van der Waals surface area (Å²) in [5, 5.41) is 5.39. The summed E-state index contributed by atoms with van der Waals surface area (Å²) in [6, 6.07) is 6.15. The van der Waals surface area contributed by atoms with Crippen LogP contribution in [0.5, 0.6) is 0 Å². The van der Waals surface area contributed by atoms with Crippen molar-refractivity contribution in [3.8, 4) is 0 Å². The number of carbonyl (C=O) groups excluding carboxylic acids is 1. The lowest BCUT2D eigenvalue weighted by Crippen LogP contribution is -2.46. The van der Waals surface area contributed by atoms with Gasteiger partial charge in [-0.1, -0.05) is 6.07 Å². The van der Waals surface area contributed by atoms with Gasteiger partial charge in [0.15, 0.2) is 0 Å². The van der Waals surface area contributed by atoms with Crippen molar-refractivity contribution in [3.05, 3.63) is 40.8 Å². The molecule has 2 saturated heterocycles. The number of likely N-dealkylation sites (tertiary alicyclic amines) is 1. The second kappa shape index (κ2) is 9.47. The molecule has 2 aromatic heterocycles. The van der Waals surface area contributed by atoms with Gasteiger partial charge in [-0.25, -0.2) is 9.97 Å².